The van der Waals surface area contributed by atoms with Gasteiger partial charge in [-0.15, -0.1) is 0 Å². The Morgan fingerprint density at radius 1 is 0.962 bits per heavy atom. The predicted octanol–water partition coefficient (Wildman–Crippen LogP) is 5.25. The molecular weight excluding hydrogens is 322 g/mol. The van der Waals surface area contributed by atoms with Crippen molar-refractivity contribution < 1.29 is 4.79 Å². The van der Waals surface area contributed by atoms with Gasteiger partial charge in [-0.1, -0.05) is 70.4 Å². The zero-order valence-corrected chi connectivity index (χ0v) is 16.4. The van der Waals surface area contributed by atoms with E-state index in [2.05, 4.69) is 41.1 Å². The molecule has 1 heterocycles. The van der Waals surface area contributed by atoms with Crippen molar-refractivity contribution in [3.63, 3.8) is 0 Å². The van der Waals surface area contributed by atoms with Gasteiger partial charge in [-0.2, -0.15) is 0 Å². The summed E-state index contributed by atoms with van der Waals surface area (Å²) in [6.07, 6.45) is 14.8. The number of carbonyl (C=O) groups is 1. The second-order valence-electron chi connectivity index (χ2n) is 7.17. The lowest BCUT2D eigenvalue weighted by Gasteiger charge is -2.09. The molecule has 144 valence electrons. The molecule has 1 N–H and O–H groups in total. The van der Waals surface area contributed by atoms with E-state index in [1.165, 1.54) is 63.3 Å². The van der Waals surface area contributed by atoms with Crippen molar-refractivity contribution in [2.24, 2.45) is 0 Å². The van der Waals surface area contributed by atoms with Crippen molar-refractivity contribution in [3.8, 4) is 0 Å². The SMILES string of the molecule is CCCCCCCCCCCn1c(CCCNC=O)nc2ccccc21. The molecule has 1 amide bonds. The fraction of sp³-hybridized carbons (Fsp3) is 0.636. The molecule has 0 atom stereocenters. The fourth-order valence-corrected chi connectivity index (χ4v) is 3.55. The molecule has 4 heteroatoms. The molecule has 0 saturated heterocycles. The molecule has 1 aromatic carbocycles. The van der Waals surface area contributed by atoms with Crippen LogP contribution in [0.1, 0.15) is 77.0 Å². The molecule has 0 saturated carbocycles. The number of imidazole rings is 1. The fourth-order valence-electron chi connectivity index (χ4n) is 3.55. The lowest BCUT2D eigenvalue weighted by Crippen LogP contribution is -2.14. The van der Waals surface area contributed by atoms with E-state index in [0.29, 0.717) is 6.54 Å². The predicted molar refractivity (Wildman–Crippen MR) is 109 cm³/mol. The number of aryl methyl sites for hydroxylation is 2. The van der Waals surface area contributed by atoms with E-state index >= 15 is 0 Å². The standard InChI is InChI=1S/C22H35N3O/c1-2-3-4-5-6-7-8-9-12-18-25-21-15-11-10-14-20(21)24-22(25)16-13-17-23-19-26/h10-11,14-15,19H,2-9,12-13,16-18H2,1H3,(H,23,26). The van der Waals surface area contributed by atoms with Crippen LogP contribution in [-0.4, -0.2) is 22.5 Å². The topological polar surface area (TPSA) is 46.9 Å². The minimum absolute atomic E-state index is 0.713. The maximum absolute atomic E-state index is 10.4. The van der Waals surface area contributed by atoms with Crippen LogP contribution in [-0.2, 0) is 17.8 Å². The summed E-state index contributed by atoms with van der Waals surface area (Å²) in [5.41, 5.74) is 2.33. The highest BCUT2D eigenvalue weighted by Crippen LogP contribution is 2.19. The van der Waals surface area contributed by atoms with Crippen molar-refractivity contribution in [1.82, 2.24) is 14.9 Å². The molecule has 2 rings (SSSR count). The smallest absolute Gasteiger partial charge is 0.207 e. The molecule has 0 aliphatic carbocycles. The van der Waals surface area contributed by atoms with Crippen molar-refractivity contribution >= 4 is 17.4 Å². The molecule has 1 aromatic heterocycles. The quantitative estimate of drug-likeness (QED) is 0.350. The highest BCUT2D eigenvalue weighted by atomic mass is 16.1. The first kappa shape index (κ1) is 20.5. The van der Waals surface area contributed by atoms with Crippen LogP contribution in [0.15, 0.2) is 24.3 Å². The zero-order valence-electron chi connectivity index (χ0n) is 16.4. The molecule has 4 nitrogen and oxygen atoms in total. The van der Waals surface area contributed by atoms with Crippen LogP contribution < -0.4 is 5.32 Å². The van der Waals surface area contributed by atoms with Crippen LogP contribution >= 0.6 is 0 Å². The number of unbranched alkanes of at least 4 members (excludes halogenated alkanes) is 8. The Bertz CT molecular complexity index is 635. The first-order valence-corrected chi connectivity index (χ1v) is 10.5. The van der Waals surface area contributed by atoms with Crippen molar-refractivity contribution in [2.45, 2.75) is 84.1 Å². The Hall–Kier alpha value is -1.84. The third-order valence-corrected chi connectivity index (χ3v) is 5.02. The Morgan fingerprint density at radius 3 is 2.38 bits per heavy atom. The van der Waals surface area contributed by atoms with Gasteiger partial charge in [-0.25, -0.2) is 4.98 Å². The van der Waals surface area contributed by atoms with E-state index in [4.69, 9.17) is 4.98 Å². The Balaban J connectivity index is 1.78. The van der Waals surface area contributed by atoms with Crippen LogP contribution in [0.4, 0.5) is 0 Å². The number of amides is 1. The van der Waals surface area contributed by atoms with Gasteiger partial charge in [0.25, 0.3) is 0 Å². The molecule has 0 aliphatic heterocycles. The van der Waals surface area contributed by atoms with E-state index in [1.54, 1.807) is 0 Å². The molecule has 0 unspecified atom stereocenters. The van der Waals surface area contributed by atoms with Crippen molar-refractivity contribution in [2.75, 3.05) is 6.54 Å². The average Bonchev–Trinajstić information content (AvgIpc) is 3.01. The third kappa shape index (κ3) is 6.81. The largest absolute Gasteiger partial charge is 0.359 e. The second-order valence-corrected chi connectivity index (χ2v) is 7.17. The van der Waals surface area contributed by atoms with Crippen LogP contribution in [0.5, 0.6) is 0 Å². The molecule has 0 radical (unpaired) electrons. The molecule has 26 heavy (non-hydrogen) atoms. The normalized spacial score (nSPS) is 11.1. The summed E-state index contributed by atoms with van der Waals surface area (Å²) >= 11 is 0. The number of nitrogens with one attached hydrogen (secondary N) is 1. The van der Waals surface area contributed by atoms with Gasteiger partial charge in [0.1, 0.15) is 5.82 Å². The summed E-state index contributed by atoms with van der Waals surface area (Å²) in [6.45, 7) is 4.03. The van der Waals surface area contributed by atoms with E-state index in [-0.39, 0.29) is 0 Å². The van der Waals surface area contributed by atoms with Gasteiger partial charge < -0.3 is 9.88 Å². The van der Waals surface area contributed by atoms with Crippen LogP contribution in [0.2, 0.25) is 0 Å². The molecule has 0 aliphatic rings. The number of nitrogens with zero attached hydrogens (tertiary/aromatic N) is 2. The van der Waals surface area contributed by atoms with E-state index in [0.717, 1.165) is 37.1 Å². The number of aromatic nitrogens is 2. The molecular formula is C22H35N3O. The third-order valence-electron chi connectivity index (χ3n) is 5.02. The van der Waals surface area contributed by atoms with Gasteiger partial charge in [0.05, 0.1) is 11.0 Å². The number of hydrogen-bond donors (Lipinski definition) is 1. The summed E-state index contributed by atoms with van der Waals surface area (Å²) in [7, 11) is 0. The number of para-hydroxylation sites is 2. The zero-order chi connectivity index (χ0) is 18.5. The highest BCUT2D eigenvalue weighted by molar-refractivity contribution is 5.75. The summed E-state index contributed by atoms with van der Waals surface area (Å²) in [4.78, 5) is 15.2. The van der Waals surface area contributed by atoms with Crippen LogP contribution in [0.3, 0.4) is 0 Å². The van der Waals surface area contributed by atoms with Crippen molar-refractivity contribution in [3.05, 3.63) is 30.1 Å². The number of carbonyl (C=O) groups excluding carboxylic acids is 1. The summed E-state index contributed by atoms with van der Waals surface area (Å²) in [5.74, 6) is 1.15. The van der Waals surface area contributed by atoms with Crippen LogP contribution in [0, 0.1) is 0 Å². The number of hydrogen-bond acceptors (Lipinski definition) is 2. The minimum atomic E-state index is 0.713. The summed E-state index contributed by atoms with van der Waals surface area (Å²) in [6, 6.07) is 8.41. The maximum Gasteiger partial charge on any atom is 0.207 e. The van der Waals surface area contributed by atoms with Gasteiger partial charge >= 0.3 is 0 Å². The van der Waals surface area contributed by atoms with Gasteiger partial charge in [0, 0.05) is 19.5 Å². The summed E-state index contributed by atoms with van der Waals surface area (Å²) in [5, 5.41) is 2.74. The highest BCUT2D eigenvalue weighted by Gasteiger charge is 2.09. The van der Waals surface area contributed by atoms with Gasteiger partial charge in [0.15, 0.2) is 0 Å². The lowest BCUT2D eigenvalue weighted by molar-refractivity contribution is -0.109. The average molecular weight is 358 g/mol. The van der Waals surface area contributed by atoms with Crippen LogP contribution in [0.25, 0.3) is 11.0 Å². The summed E-state index contributed by atoms with van der Waals surface area (Å²) < 4.78 is 2.39. The first-order chi connectivity index (χ1) is 12.9. The van der Waals surface area contributed by atoms with Gasteiger partial charge in [0.2, 0.25) is 6.41 Å². The Morgan fingerprint density at radius 2 is 1.65 bits per heavy atom. The molecule has 0 bridgehead atoms. The Labute approximate surface area is 158 Å². The van der Waals surface area contributed by atoms with Crippen molar-refractivity contribution in [1.29, 1.82) is 0 Å². The van der Waals surface area contributed by atoms with E-state index in [1.807, 2.05) is 0 Å². The molecule has 2 aromatic rings. The molecule has 0 fully saturated rings. The van der Waals surface area contributed by atoms with E-state index in [9.17, 15) is 4.79 Å². The van der Waals surface area contributed by atoms with Gasteiger partial charge in [-0.05, 0) is 25.0 Å². The maximum atomic E-state index is 10.4. The molecule has 0 spiro atoms. The second kappa shape index (κ2) is 12.5. The number of fused-ring (bicyclic) bond motifs is 1. The Kier molecular flexibility index (Phi) is 9.84. The van der Waals surface area contributed by atoms with E-state index < -0.39 is 0 Å². The van der Waals surface area contributed by atoms with Gasteiger partial charge in [-0.3, -0.25) is 4.79 Å². The number of benzene rings is 1. The minimum Gasteiger partial charge on any atom is -0.359 e. The monoisotopic (exact) mass is 357 g/mol. The first-order valence-electron chi connectivity index (χ1n) is 10.5. The lowest BCUT2D eigenvalue weighted by atomic mass is 10.1. The number of rotatable bonds is 15.